The van der Waals surface area contributed by atoms with Crippen molar-refractivity contribution in [2.75, 3.05) is 26.8 Å². The molecule has 1 atom stereocenters. The minimum atomic E-state index is -0.630. The van der Waals surface area contributed by atoms with Crippen LogP contribution in [0.15, 0.2) is 28.7 Å². The van der Waals surface area contributed by atoms with Crippen LogP contribution >= 0.6 is 0 Å². The summed E-state index contributed by atoms with van der Waals surface area (Å²) >= 11 is 0. The highest BCUT2D eigenvalue weighted by Gasteiger charge is 2.12. The van der Waals surface area contributed by atoms with Crippen molar-refractivity contribution in [3.8, 4) is 0 Å². The molecule has 0 saturated heterocycles. The van der Waals surface area contributed by atoms with Crippen LogP contribution in [0.25, 0.3) is 11.0 Å². The number of furan rings is 1. The van der Waals surface area contributed by atoms with Gasteiger partial charge in [-0.25, -0.2) is 0 Å². The largest absolute Gasteiger partial charge is 0.458 e. The summed E-state index contributed by atoms with van der Waals surface area (Å²) in [6.07, 6.45) is -0.630. The Labute approximate surface area is 107 Å². The van der Waals surface area contributed by atoms with E-state index in [9.17, 15) is 5.11 Å². The van der Waals surface area contributed by atoms with E-state index < -0.39 is 6.10 Å². The van der Waals surface area contributed by atoms with Gasteiger partial charge in [-0.15, -0.1) is 0 Å². The molecule has 0 fully saturated rings. The van der Waals surface area contributed by atoms with Gasteiger partial charge in [0.15, 0.2) is 0 Å². The number of aliphatic hydroxyl groups excluding tert-OH is 1. The average molecular weight is 249 g/mol. The monoisotopic (exact) mass is 249 g/mol. The molecule has 1 heterocycles. The molecule has 0 radical (unpaired) electrons. The first-order chi connectivity index (χ1) is 8.70. The lowest BCUT2D eigenvalue weighted by Gasteiger charge is -2.08. The fourth-order valence-electron chi connectivity index (χ4n) is 1.86. The summed E-state index contributed by atoms with van der Waals surface area (Å²) in [5.74, 6) is 0.598. The maximum atomic E-state index is 9.99. The van der Waals surface area contributed by atoms with Crippen molar-refractivity contribution >= 4 is 11.0 Å². The molecule has 0 aliphatic carbocycles. The van der Waals surface area contributed by atoms with Gasteiger partial charge in [-0.1, -0.05) is 11.6 Å². The van der Waals surface area contributed by atoms with E-state index in [0.29, 0.717) is 25.5 Å². The van der Waals surface area contributed by atoms with E-state index in [-0.39, 0.29) is 0 Å². The molecule has 0 spiro atoms. The van der Waals surface area contributed by atoms with E-state index >= 15 is 0 Å². The molecule has 4 heteroatoms. The molecule has 98 valence electrons. The Bertz CT molecular complexity index is 507. The lowest BCUT2D eigenvalue weighted by atomic mass is 10.1. The first-order valence-electron chi connectivity index (χ1n) is 6.08. The van der Waals surface area contributed by atoms with Crippen LogP contribution in [-0.4, -0.2) is 31.9 Å². The van der Waals surface area contributed by atoms with Gasteiger partial charge in [0, 0.05) is 25.6 Å². The van der Waals surface area contributed by atoms with E-state index in [2.05, 4.69) is 5.32 Å². The maximum absolute atomic E-state index is 9.99. The van der Waals surface area contributed by atoms with Gasteiger partial charge in [0.05, 0.1) is 6.61 Å². The Balaban J connectivity index is 2.01. The molecule has 1 aromatic carbocycles. The molecule has 2 N–H and O–H groups in total. The zero-order valence-electron chi connectivity index (χ0n) is 10.8. The number of ether oxygens (including phenoxy) is 1. The molecule has 2 aromatic rings. The minimum Gasteiger partial charge on any atom is -0.458 e. The number of rotatable bonds is 6. The van der Waals surface area contributed by atoms with Crippen LogP contribution in [0.1, 0.15) is 17.4 Å². The topological polar surface area (TPSA) is 54.6 Å². The van der Waals surface area contributed by atoms with Gasteiger partial charge in [0.1, 0.15) is 17.4 Å². The molecule has 1 aromatic heterocycles. The Morgan fingerprint density at radius 3 is 3.00 bits per heavy atom. The molecule has 4 nitrogen and oxygen atoms in total. The predicted octanol–water partition coefficient (Wildman–Crippen LogP) is 2.01. The molecule has 0 aliphatic rings. The first kappa shape index (κ1) is 13.1. The Kier molecular flexibility index (Phi) is 4.36. The SMILES string of the molecule is COCCNCC(O)c1cc2cc(C)ccc2o1. The third-order valence-corrected chi connectivity index (χ3v) is 2.84. The van der Waals surface area contributed by atoms with E-state index in [1.54, 1.807) is 7.11 Å². The van der Waals surface area contributed by atoms with Crippen LogP contribution in [0.2, 0.25) is 0 Å². The minimum absolute atomic E-state index is 0.460. The second kappa shape index (κ2) is 6.00. The van der Waals surface area contributed by atoms with E-state index in [0.717, 1.165) is 11.0 Å². The summed E-state index contributed by atoms with van der Waals surface area (Å²) in [7, 11) is 1.65. The highest BCUT2D eigenvalue weighted by Crippen LogP contribution is 2.24. The zero-order valence-corrected chi connectivity index (χ0v) is 10.8. The number of hydrogen-bond donors (Lipinski definition) is 2. The highest BCUT2D eigenvalue weighted by molar-refractivity contribution is 5.78. The number of benzene rings is 1. The summed E-state index contributed by atoms with van der Waals surface area (Å²) < 4.78 is 10.5. The second-order valence-electron chi connectivity index (χ2n) is 4.40. The van der Waals surface area contributed by atoms with Gasteiger partial charge in [0.2, 0.25) is 0 Å². The number of nitrogens with one attached hydrogen (secondary N) is 1. The number of aliphatic hydroxyl groups is 1. The number of methoxy groups -OCH3 is 1. The summed E-state index contributed by atoms with van der Waals surface area (Å²) in [6.45, 7) is 3.84. The lowest BCUT2D eigenvalue weighted by molar-refractivity contribution is 0.142. The molecular formula is C14H19NO3. The summed E-state index contributed by atoms with van der Waals surface area (Å²) in [5.41, 5.74) is 1.99. The molecule has 0 saturated carbocycles. The Morgan fingerprint density at radius 1 is 1.39 bits per heavy atom. The summed E-state index contributed by atoms with van der Waals surface area (Å²) in [5, 5.41) is 14.1. The fraction of sp³-hybridized carbons (Fsp3) is 0.429. The highest BCUT2D eigenvalue weighted by atomic mass is 16.5. The standard InChI is InChI=1S/C14H19NO3/c1-10-3-4-13-11(7-10)8-14(18-13)12(16)9-15-5-6-17-2/h3-4,7-8,12,15-16H,5-6,9H2,1-2H3. The molecule has 1 unspecified atom stereocenters. The average Bonchev–Trinajstić information content (AvgIpc) is 2.77. The maximum Gasteiger partial charge on any atom is 0.135 e. The second-order valence-corrected chi connectivity index (χ2v) is 4.40. The molecule has 0 aliphatic heterocycles. The van der Waals surface area contributed by atoms with Gasteiger partial charge >= 0.3 is 0 Å². The summed E-state index contributed by atoms with van der Waals surface area (Å²) in [4.78, 5) is 0. The van der Waals surface area contributed by atoms with Crippen molar-refractivity contribution in [3.05, 3.63) is 35.6 Å². The molecule has 18 heavy (non-hydrogen) atoms. The van der Waals surface area contributed by atoms with Gasteiger partial charge in [0.25, 0.3) is 0 Å². The van der Waals surface area contributed by atoms with E-state index in [4.69, 9.17) is 9.15 Å². The smallest absolute Gasteiger partial charge is 0.135 e. The molecular weight excluding hydrogens is 230 g/mol. The third kappa shape index (κ3) is 3.10. The predicted molar refractivity (Wildman–Crippen MR) is 70.7 cm³/mol. The Morgan fingerprint density at radius 2 is 2.22 bits per heavy atom. The van der Waals surface area contributed by atoms with Crippen LogP contribution in [-0.2, 0) is 4.74 Å². The van der Waals surface area contributed by atoms with E-state index in [1.807, 2.05) is 31.2 Å². The van der Waals surface area contributed by atoms with Gasteiger partial charge in [-0.05, 0) is 25.1 Å². The van der Waals surface area contributed by atoms with Crippen molar-refractivity contribution in [2.24, 2.45) is 0 Å². The van der Waals surface area contributed by atoms with Gasteiger partial charge < -0.3 is 19.6 Å². The van der Waals surface area contributed by atoms with Gasteiger partial charge in [-0.2, -0.15) is 0 Å². The lowest BCUT2D eigenvalue weighted by Crippen LogP contribution is -2.24. The van der Waals surface area contributed by atoms with Crippen molar-refractivity contribution in [3.63, 3.8) is 0 Å². The van der Waals surface area contributed by atoms with Gasteiger partial charge in [-0.3, -0.25) is 0 Å². The normalized spacial score (nSPS) is 13.1. The fourth-order valence-corrected chi connectivity index (χ4v) is 1.86. The molecule has 0 amide bonds. The van der Waals surface area contributed by atoms with Crippen molar-refractivity contribution in [1.29, 1.82) is 0 Å². The van der Waals surface area contributed by atoms with E-state index in [1.165, 1.54) is 5.56 Å². The number of hydrogen-bond acceptors (Lipinski definition) is 4. The third-order valence-electron chi connectivity index (χ3n) is 2.84. The van der Waals surface area contributed by atoms with Crippen molar-refractivity contribution < 1.29 is 14.3 Å². The quantitative estimate of drug-likeness (QED) is 0.769. The zero-order chi connectivity index (χ0) is 13.0. The number of aryl methyl sites for hydroxylation is 1. The summed E-state index contributed by atoms with van der Waals surface area (Å²) in [6, 6.07) is 7.87. The van der Waals surface area contributed by atoms with Crippen LogP contribution in [0.5, 0.6) is 0 Å². The molecule has 0 bridgehead atoms. The first-order valence-corrected chi connectivity index (χ1v) is 6.08. The van der Waals surface area contributed by atoms with Crippen LogP contribution in [0, 0.1) is 6.92 Å². The molecule has 2 rings (SSSR count). The van der Waals surface area contributed by atoms with Crippen molar-refractivity contribution in [1.82, 2.24) is 5.32 Å². The number of fused-ring (bicyclic) bond motifs is 1. The Hall–Kier alpha value is -1.36. The van der Waals surface area contributed by atoms with Crippen LogP contribution < -0.4 is 5.32 Å². The van der Waals surface area contributed by atoms with Crippen molar-refractivity contribution in [2.45, 2.75) is 13.0 Å². The van der Waals surface area contributed by atoms with Crippen LogP contribution in [0.3, 0.4) is 0 Å². The van der Waals surface area contributed by atoms with Crippen LogP contribution in [0.4, 0.5) is 0 Å².